The molecule has 0 aliphatic rings. The maximum absolute atomic E-state index is 11.3. The van der Waals surface area contributed by atoms with Crippen molar-refractivity contribution < 1.29 is 19.1 Å². The molecule has 1 aromatic heterocycles. The van der Waals surface area contributed by atoms with Crippen LogP contribution in [0.5, 0.6) is 0 Å². The van der Waals surface area contributed by atoms with Crippen LogP contribution in [0.1, 0.15) is 31.4 Å². The topological polar surface area (TPSA) is 92.4 Å². The van der Waals surface area contributed by atoms with Gasteiger partial charge in [0.2, 0.25) is 5.91 Å². The molecular weight excluding hydrogens is 212 g/mol. The number of carboxylic acid groups (broad SMARTS) is 1. The first-order valence-electron chi connectivity index (χ1n) is 5.01. The molecular formula is C10H14N2O4. The molecule has 0 saturated heterocycles. The van der Waals surface area contributed by atoms with E-state index in [4.69, 9.17) is 9.52 Å². The van der Waals surface area contributed by atoms with E-state index in [2.05, 4.69) is 10.3 Å². The molecule has 6 heteroatoms. The molecule has 0 aliphatic heterocycles. The van der Waals surface area contributed by atoms with E-state index in [1.807, 2.05) is 0 Å². The van der Waals surface area contributed by atoms with E-state index in [1.54, 1.807) is 6.92 Å². The minimum absolute atomic E-state index is 0.0887. The number of carboxylic acids is 1. The molecule has 1 amide bonds. The van der Waals surface area contributed by atoms with Crippen LogP contribution in [0.3, 0.4) is 0 Å². The number of aliphatic carboxylic acids is 1. The molecule has 16 heavy (non-hydrogen) atoms. The Labute approximate surface area is 92.7 Å². The van der Waals surface area contributed by atoms with Crippen LogP contribution in [-0.4, -0.2) is 22.0 Å². The van der Waals surface area contributed by atoms with Crippen LogP contribution < -0.4 is 5.32 Å². The quantitative estimate of drug-likeness (QED) is 0.718. The van der Waals surface area contributed by atoms with Gasteiger partial charge in [-0.2, -0.15) is 4.98 Å². The number of hydrogen-bond donors (Lipinski definition) is 2. The molecule has 2 N–H and O–H groups in total. The Morgan fingerprint density at radius 3 is 2.69 bits per heavy atom. The Morgan fingerprint density at radius 2 is 2.12 bits per heavy atom. The van der Waals surface area contributed by atoms with Crippen molar-refractivity contribution >= 4 is 17.9 Å². The number of amides is 1. The van der Waals surface area contributed by atoms with Gasteiger partial charge in [-0.15, -0.1) is 0 Å². The van der Waals surface area contributed by atoms with Crippen LogP contribution in [-0.2, 0) is 9.59 Å². The highest BCUT2D eigenvalue weighted by molar-refractivity contribution is 5.88. The SMILES string of the molecule is Cc1coc(NC(=O)CCCCC(=O)O)n1. The lowest BCUT2D eigenvalue weighted by Crippen LogP contribution is -2.11. The first kappa shape index (κ1) is 12.2. The van der Waals surface area contributed by atoms with Crippen molar-refractivity contribution in [3.8, 4) is 0 Å². The van der Waals surface area contributed by atoms with Crippen molar-refractivity contribution in [3.05, 3.63) is 12.0 Å². The number of hydrogen-bond acceptors (Lipinski definition) is 4. The fourth-order valence-corrected chi connectivity index (χ4v) is 1.15. The number of nitrogens with zero attached hydrogens (tertiary/aromatic N) is 1. The van der Waals surface area contributed by atoms with Gasteiger partial charge in [-0.1, -0.05) is 0 Å². The van der Waals surface area contributed by atoms with Crippen LogP contribution in [0.15, 0.2) is 10.7 Å². The summed E-state index contributed by atoms with van der Waals surface area (Å²) >= 11 is 0. The van der Waals surface area contributed by atoms with Gasteiger partial charge >= 0.3 is 12.0 Å². The molecule has 1 heterocycles. The molecule has 0 radical (unpaired) electrons. The van der Waals surface area contributed by atoms with Crippen molar-refractivity contribution in [2.24, 2.45) is 0 Å². The lowest BCUT2D eigenvalue weighted by atomic mass is 10.2. The highest BCUT2D eigenvalue weighted by atomic mass is 16.4. The minimum Gasteiger partial charge on any atom is -0.481 e. The third-order valence-electron chi connectivity index (χ3n) is 1.91. The normalized spacial score (nSPS) is 10.1. The maximum Gasteiger partial charge on any atom is 0.303 e. The standard InChI is InChI=1S/C10H14N2O4/c1-7-6-16-10(11-7)12-8(13)4-2-3-5-9(14)15/h6H,2-5H2,1H3,(H,14,15)(H,11,12,13). The van der Waals surface area contributed by atoms with Gasteiger partial charge in [0.25, 0.3) is 0 Å². The van der Waals surface area contributed by atoms with Crippen molar-refractivity contribution in [2.75, 3.05) is 5.32 Å². The van der Waals surface area contributed by atoms with Gasteiger partial charge < -0.3 is 9.52 Å². The summed E-state index contributed by atoms with van der Waals surface area (Å²) < 4.78 is 4.94. The fraction of sp³-hybridized carbons (Fsp3) is 0.500. The molecule has 6 nitrogen and oxygen atoms in total. The Kier molecular flexibility index (Phi) is 4.50. The number of aromatic nitrogens is 1. The van der Waals surface area contributed by atoms with Gasteiger partial charge in [0.15, 0.2) is 0 Å². The zero-order valence-corrected chi connectivity index (χ0v) is 9.02. The Hall–Kier alpha value is -1.85. The van der Waals surface area contributed by atoms with Gasteiger partial charge in [-0.25, -0.2) is 0 Å². The second-order valence-electron chi connectivity index (χ2n) is 3.44. The zero-order chi connectivity index (χ0) is 12.0. The third-order valence-corrected chi connectivity index (χ3v) is 1.91. The number of anilines is 1. The average molecular weight is 226 g/mol. The largest absolute Gasteiger partial charge is 0.481 e. The van der Waals surface area contributed by atoms with Crippen LogP contribution in [0.4, 0.5) is 6.01 Å². The summed E-state index contributed by atoms with van der Waals surface area (Å²) in [5.74, 6) is -1.06. The summed E-state index contributed by atoms with van der Waals surface area (Å²) in [7, 11) is 0. The van der Waals surface area contributed by atoms with E-state index < -0.39 is 5.97 Å². The number of oxazole rings is 1. The fourth-order valence-electron chi connectivity index (χ4n) is 1.15. The predicted molar refractivity (Wildman–Crippen MR) is 56.0 cm³/mol. The maximum atomic E-state index is 11.3. The highest BCUT2D eigenvalue weighted by Gasteiger charge is 2.06. The Morgan fingerprint density at radius 1 is 1.44 bits per heavy atom. The number of nitrogens with one attached hydrogen (secondary N) is 1. The van der Waals surface area contributed by atoms with E-state index in [9.17, 15) is 9.59 Å². The van der Waals surface area contributed by atoms with Gasteiger partial charge in [0.05, 0.1) is 5.69 Å². The molecule has 1 aromatic rings. The second-order valence-corrected chi connectivity index (χ2v) is 3.44. The first-order chi connectivity index (χ1) is 7.58. The van der Waals surface area contributed by atoms with Gasteiger partial charge in [-0.05, 0) is 19.8 Å². The summed E-state index contributed by atoms with van der Waals surface area (Å²) in [5.41, 5.74) is 0.696. The Bertz CT molecular complexity index is 373. The lowest BCUT2D eigenvalue weighted by Gasteiger charge is -1.99. The Balaban J connectivity index is 2.18. The molecule has 0 bridgehead atoms. The van der Waals surface area contributed by atoms with Crippen LogP contribution in [0.2, 0.25) is 0 Å². The van der Waals surface area contributed by atoms with E-state index >= 15 is 0 Å². The summed E-state index contributed by atoms with van der Waals surface area (Å²) in [5, 5.41) is 10.9. The monoisotopic (exact) mass is 226 g/mol. The molecule has 88 valence electrons. The molecule has 1 rings (SSSR count). The lowest BCUT2D eigenvalue weighted by molar-refractivity contribution is -0.137. The number of carbonyl (C=O) groups is 2. The molecule has 0 saturated carbocycles. The summed E-state index contributed by atoms with van der Waals surface area (Å²) in [6.45, 7) is 1.76. The van der Waals surface area contributed by atoms with Crippen molar-refractivity contribution in [1.29, 1.82) is 0 Å². The van der Waals surface area contributed by atoms with Gasteiger partial charge in [0.1, 0.15) is 6.26 Å². The van der Waals surface area contributed by atoms with Crippen molar-refractivity contribution in [3.63, 3.8) is 0 Å². The van der Waals surface area contributed by atoms with Crippen molar-refractivity contribution in [2.45, 2.75) is 32.6 Å². The summed E-state index contributed by atoms with van der Waals surface area (Å²) in [6, 6.07) is 0.181. The molecule has 0 spiro atoms. The molecule has 0 aromatic carbocycles. The second kappa shape index (κ2) is 5.89. The number of rotatable bonds is 6. The van der Waals surface area contributed by atoms with E-state index in [0.717, 1.165) is 0 Å². The van der Waals surface area contributed by atoms with E-state index in [-0.39, 0.29) is 24.8 Å². The van der Waals surface area contributed by atoms with Crippen molar-refractivity contribution in [1.82, 2.24) is 4.98 Å². The number of unbranched alkanes of at least 4 members (excludes halogenated alkanes) is 1. The van der Waals surface area contributed by atoms with Crippen LogP contribution >= 0.6 is 0 Å². The van der Waals surface area contributed by atoms with Gasteiger partial charge in [0, 0.05) is 12.8 Å². The van der Waals surface area contributed by atoms with Crippen LogP contribution in [0.25, 0.3) is 0 Å². The number of carbonyl (C=O) groups excluding carboxylic acids is 1. The average Bonchev–Trinajstić information content (AvgIpc) is 2.58. The molecule has 0 aliphatic carbocycles. The van der Waals surface area contributed by atoms with Gasteiger partial charge in [-0.3, -0.25) is 14.9 Å². The summed E-state index contributed by atoms with van der Waals surface area (Å²) in [4.78, 5) is 25.4. The predicted octanol–water partition coefficient (Wildman–Crippen LogP) is 1.57. The van der Waals surface area contributed by atoms with E-state index in [1.165, 1.54) is 6.26 Å². The van der Waals surface area contributed by atoms with E-state index in [0.29, 0.717) is 18.5 Å². The third kappa shape index (κ3) is 4.59. The molecule has 0 fully saturated rings. The van der Waals surface area contributed by atoms with Crippen LogP contribution in [0, 0.1) is 6.92 Å². The number of aryl methyl sites for hydroxylation is 1. The zero-order valence-electron chi connectivity index (χ0n) is 9.02. The smallest absolute Gasteiger partial charge is 0.303 e. The molecule has 0 atom stereocenters. The summed E-state index contributed by atoms with van der Waals surface area (Å²) in [6.07, 6.45) is 2.84. The molecule has 0 unspecified atom stereocenters. The first-order valence-corrected chi connectivity index (χ1v) is 5.01. The minimum atomic E-state index is -0.844. The highest BCUT2D eigenvalue weighted by Crippen LogP contribution is 2.07.